The summed E-state index contributed by atoms with van der Waals surface area (Å²) < 4.78 is 0. The van der Waals surface area contributed by atoms with Crippen LogP contribution in [0.25, 0.3) is 11.1 Å². The molecule has 0 fully saturated rings. The van der Waals surface area contributed by atoms with E-state index in [1.807, 2.05) is 12.1 Å². The molecule has 0 aromatic heterocycles. The molecule has 0 saturated carbocycles. The van der Waals surface area contributed by atoms with Gasteiger partial charge in [0.25, 0.3) is 0 Å². The zero-order valence-corrected chi connectivity index (χ0v) is 28.4. The lowest BCUT2D eigenvalue weighted by Gasteiger charge is -2.28. The maximum atomic E-state index is 5.18. The molecule has 0 unspecified atom stereocenters. The summed E-state index contributed by atoms with van der Waals surface area (Å²) in [5, 5.41) is 7.12. The van der Waals surface area contributed by atoms with E-state index in [-0.39, 0.29) is 0 Å². The summed E-state index contributed by atoms with van der Waals surface area (Å²) in [4.78, 5) is 29.8. The van der Waals surface area contributed by atoms with Gasteiger partial charge in [-0.3, -0.25) is 0 Å². The number of rotatable bonds is 13. The molecule has 0 heterocycles. The van der Waals surface area contributed by atoms with Crippen LogP contribution in [0.1, 0.15) is 0 Å². The van der Waals surface area contributed by atoms with Crippen molar-refractivity contribution in [2.45, 2.75) is 0 Å². The van der Waals surface area contributed by atoms with E-state index in [0.717, 1.165) is 33.1 Å². The SMILES string of the molecule is COOC=Nc1cccc(P(c2ccccc2)c2ccccc2)c1-c1c(N=COOC)cccc1P(c1ccccc1)c1ccccc1. The van der Waals surface area contributed by atoms with Gasteiger partial charge in [-0.05, 0) is 59.8 Å². The van der Waals surface area contributed by atoms with Gasteiger partial charge in [0, 0.05) is 11.1 Å². The number of benzene rings is 6. The molecule has 0 spiro atoms. The monoisotopic (exact) mass is 668 g/mol. The van der Waals surface area contributed by atoms with Crippen LogP contribution in [-0.2, 0) is 19.6 Å². The molecule has 0 aliphatic carbocycles. The van der Waals surface area contributed by atoms with E-state index in [1.165, 1.54) is 48.2 Å². The third-order valence-corrected chi connectivity index (χ3v) is 12.5. The Hall–Kier alpha value is -4.96. The Bertz CT molecular complexity index is 1740. The standard InChI is InChI=1S/C40H34N2O4P2/c1-43-45-29-41-35-25-15-27-37(47(31-17-7-3-8-18-31)32-19-9-4-10-20-32)39(35)40-36(42-30-46-44-2)26-16-28-38(40)48(33-21-11-5-12-22-33)34-23-13-6-14-24-34/h3-30H,1-2H3. The van der Waals surface area contributed by atoms with Crippen LogP contribution < -0.4 is 31.8 Å². The quantitative estimate of drug-likeness (QED) is 0.0425. The van der Waals surface area contributed by atoms with Gasteiger partial charge in [0.15, 0.2) is 0 Å². The predicted molar refractivity (Wildman–Crippen MR) is 202 cm³/mol. The van der Waals surface area contributed by atoms with E-state index < -0.39 is 15.8 Å². The molecule has 6 rings (SSSR count). The molecule has 6 aromatic rings. The Morgan fingerprint density at radius 3 is 1.00 bits per heavy atom. The topological polar surface area (TPSA) is 61.6 Å². The van der Waals surface area contributed by atoms with Crippen molar-refractivity contribution in [2.75, 3.05) is 14.2 Å². The van der Waals surface area contributed by atoms with Crippen molar-refractivity contribution in [2.24, 2.45) is 9.98 Å². The molecular weight excluding hydrogens is 634 g/mol. The van der Waals surface area contributed by atoms with Crippen molar-refractivity contribution in [3.8, 4) is 11.1 Å². The zero-order valence-electron chi connectivity index (χ0n) is 26.6. The molecule has 0 aliphatic rings. The maximum Gasteiger partial charge on any atom is 0.219 e. The van der Waals surface area contributed by atoms with E-state index in [4.69, 9.17) is 29.5 Å². The largest absolute Gasteiger partial charge is 0.325 e. The first-order chi connectivity index (χ1) is 23.8. The molecule has 0 radical (unpaired) electrons. The highest BCUT2D eigenvalue weighted by molar-refractivity contribution is 7.80. The van der Waals surface area contributed by atoms with Crippen molar-refractivity contribution in [1.29, 1.82) is 0 Å². The van der Waals surface area contributed by atoms with Crippen molar-refractivity contribution >= 4 is 71.8 Å². The number of nitrogens with zero attached hydrogens (tertiary/aromatic N) is 2. The van der Waals surface area contributed by atoms with Gasteiger partial charge < -0.3 is 9.78 Å². The van der Waals surface area contributed by atoms with Gasteiger partial charge in [0.2, 0.25) is 12.8 Å². The van der Waals surface area contributed by atoms with Crippen LogP contribution in [0.15, 0.2) is 168 Å². The van der Waals surface area contributed by atoms with Crippen LogP contribution in [0.3, 0.4) is 0 Å². The van der Waals surface area contributed by atoms with Gasteiger partial charge in [0.1, 0.15) is 0 Å². The average Bonchev–Trinajstić information content (AvgIpc) is 3.14. The predicted octanol–water partition coefficient (Wildman–Crippen LogP) is 7.35. The van der Waals surface area contributed by atoms with E-state index in [2.05, 4.69) is 146 Å². The van der Waals surface area contributed by atoms with Crippen LogP contribution in [-0.4, -0.2) is 27.0 Å². The summed E-state index contributed by atoms with van der Waals surface area (Å²) >= 11 is 0. The Balaban J connectivity index is 1.73. The molecule has 0 aliphatic heterocycles. The highest BCUT2D eigenvalue weighted by atomic mass is 31.1. The second kappa shape index (κ2) is 16.7. The zero-order chi connectivity index (χ0) is 33.0. The molecule has 0 saturated heterocycles. The third kappa shape index (κ3) is 7.60. The molecule has 238 valence electrons. The fourth-order valence-electron chi connectivity index (χ4n) is 5.56. The molecule has 0 atom stereocenters. The lowest BCUT2D eigenvalue weighted by molar-refractivity contribution is -0.187. The Labute approximate surface area is 283 Å². The minimum atomic E-state index is -1.04. The maximum absolute atomic E-state index is 5.18. The molecule has 6 aromatic carbocycles. The summed E-state index contributed by atoms with van der Waals surface area (Å²) in [7, 11) is 0.833. The first-order valence-electron chi connectivity index (χ1n) is 15.3. The van der Waals surface area contributed by atoms with Gasteiger partial charge in [0.05, 0.1) is 25.6 Å². The van der Waals surface area contributed by atoms with Gasteiger partial charge in [-0.15, -0.1) is 0 Å². The molecule has 48 heavy (non-hydrogen) atoms. The van der Waals surface area contributed by atoms with Gasteiger partial charge in [-0.1, -0.05) is 146 Å². The summed E-state index contributed by atoms with van der Waals surface area (Å²) in [6.45, 7) is 0. The fourth-order valence-corrected chi connectivity index (χ4v) is 10.5. The average molecular weight is 669 g/mol. The van der Waals surface area contributed by atoms with Crippen LogP contribution in [0.5, 0.6) is 0 Å². The fraction of sp³-hybridized carbons (Fsp3) is 0.0500. The van der Waals surface area contributed by atoms with Crippen molar-refractivity contribution in [3.63, 3.8) is 0 Å². The summed E-state index contributed by atoms with van der Waals surface area (Å²) in [6, 6.07) is 55.1. The Morgan fingerprint density at radius 1 is 0.396 bits per heavy atom. The third-order valence-electron chi connectivity index (χ3n) is 7.49. The van der Waals surface area contributed by atoms with Crippen molar-refractivity contribution < 1.29 is 19.6 Å². The molecule has 0 amide bonds. The van der Waals surface area contributed by atoms with Crippen molar-refractivity contribution in [1.82, 2.24) is 0 Å². The van der Waals surface area contributed by atoms with Crippen LogP contribution >= 0.6 is 15.8 Å². The molecule has 0 N–H and O–H groups in total. The van der Waals surface area contributed by atoms with E-state index in [0.29, 0.717) is 0 Å². The Kier molecular flexibility index (Phi) is 11.5. The van der Waals surface area contributed by atoms with Gasteiger partial charge in [-0.2, -0.15) is 9.78 Å². The summed E-state index contributed by atoms with van der Waals surface area (Å²) in [6.07, 6.45) is 2.65. The van der Waals surface area contributed by atoms with E-state index in [9.17, 15) is 0 Å². The lowest BCUT2D eigenvalue weighted by atomic mass is 10.0. The molecule has 6 nitrogen and oxygen atoms in total. The Morgan fingerprint density at radius 2 is 0.708 bits per heavy atom. The number of hydrogen-bond acceptors (Lipinski definition) is 6. The van der Waals surface area contributed by atoms with Crippen LogP contribution in [0, 0.1) is 0 Å². The second-order valence-corrected chi connectivity index (χ2v) is 14.7. The molecule has 8 heteroatoms. The molecular formula is C40H34N2O4P2. The highest BCUT2D eigenvalue weighted by Crippen LogP contribution is 2.47. The van der Waals surface area contributed by atoms with Gasteiger partial charge in [-0.25, -0.2) is 9.98 Å². The number of hydrogen-bond donors (Lipinski definition) is 0. The van der Waals surface area contributed by atoms with E-state index >= 15 is 0 Å². The molecule has 0 bridgehead atoms. The second-order valence-electron chi connectivity index (χ2n) is 10.4. The summed E-state index contributed by atoms with van der Waals surface area (Å²) in [5.74, 6) is 0. The van der Waals surface area contributed by atoms with Crippen LogP contribution in [0.4, 0.5) is 11.4 Å². The summed E-state index contributed by atoms with van der Waals surface area (Å²) in [5.41, 5.74) is 3.34. The number of aliphatic imine (C=N–C) groups is 2. The van der Waals surface area contributed by atoms with Crippen molar-refractivity contribution in [3.05, 3.63) is 158 Å². The van der Waals surface area contributed by atoms with E-state index in [1.54, 1.807) is 0 Å². The smallest absolute Gasteiger partial charge is 0.219 e. The minimum Gasteiger partial charge on any atom is -0.325 e. The van der Waals surface area contributed by atoms with Crippen LogP contribution in [0.2, 0.25) is 0 Å². The normalized spacial score (nSPS) is 11.5. The first-order valence-corrected chi connectivity index (χ1v) is 18.0. The minimum absolute atomic E-state index is 0.719. The lowest BCUT2D eigenvalue weighted by Crippen LogP contribution is -2.26. The first kappa shape index (κ1) is 33.0. The van der Waals surface area contributed by atoms with Gasteiger partial charge >= 0.3 is 0 Å². The highest BCUT2D eigenvalue weighted by Gasteiger charge is 2.28.